The molecule has 1 heterocycles. The van der Waals surface area contributed by atoms with E-state index >= 15 is 0 Å². The predicted molar refractivity (Wildman–Crippen MR) is 57.3 cm³/mol. The maximum atomic E-state index is 9.43. The van der Waals surface area contributed by atoms with Crippen LogP contribution in [-0.2, 0) is 4.74 Å². The molecule has 3 heteroatoms. The molecule has 0 aromatic carbocycles. The van der Waals surface area contributed by atoms with Crippen LogP contribution in [0.25, 0.3) is 0 Å². The lowest BCUT2D eigenvalue weighted by atomic mass is 9.99. The van der Waals surface area contributed by atoms with E-state index in [-0.39, 0.29) is 12.1 Å². The summed E-state index contributed by atoms with van der Waals surface area (Å²) in [6.07, 6.45) is 2.22. The van der Waals surface area contributed by atoms with Crippen LogP contribution in [0.15, 0.2) is 0 Å². The van der Waals surface area contributed by atoms with E-state index in [1.165, 1.54) is 6.42 Å². The first-order chi connectivity index (χ1) is 6.60. The van der Waals surface area contributed by atoms with Crippen molar-refractivity contribution in [1.82, 2.24) is 4.90 Å². The van der Waals surface area contributed by atoms with E-state index in [9.17, 15) is 5.11 Å². The molecule has 1 rings (SSSR count). The Labute approximate surface area is 87.1 Å². The molecule has 1 saturated heterocycles. The van der Waals surface area contributed by atoms with Gasteiger partial charge in [0.1, 0.15) is 0 Å². The van der Waals surface area contributed by atoms with Crippen LogP contribution in [-0.4, -0.2) is 49.0 Å². The van der Waals surface area contributed by atoms with Gasteiger partial charge in [0.2, 0.25) is 0 Å². The van der Waals surface area contributed by atoms with Crippen molar-refractivity contribution in [1.29, 1.82) is 0 Å². The van der Waals surface area contributed by atoms with Crippen LogP contribution >= 0.6 is 0 Å². The molecule has 14 heavy (non-hydrogen) atoms. The second kappa shape index (κ2) is 5.10. The first-order valence-corrected chi connectivity index (χ1v) is 5.50. The molecule has 1 aliphatic heterocycles. The molecular weight excluding hydrogens is 178 g/mol. The first kappa shape index (κ1) is 12.0. The van der Waals surface area contributed by atoms with Gasteiger partial charge in [0.15, 0.2) is 0 Å². The molecule has 0 amide bonds. The molecule has 1 atom stereocenters. The molecular formula is C11H23NO2. The zero-order valence-corrected chi connectivity index (χ0v) is 9.62. The van der Waals surface area contributed by atoms with E-state index in [1.807, 2.05) is 0 Å². The molecule has 0 spiro atoms. The molecule has 0 bridgehead atoms. The van der Waals surface area contributed by atoms with Gasteiger partial charge in [0.05, 0.1) is 18.8 Å². The summed E-state index contributed by atoms with van der Waals surface area (Å²) in [7, 11) is 2.07. The van der Waals surface area contributed by atoms with Gasteiger partial charge >= 0.3 is 0 Å². The summed E-state index contributed by atoms with van der Waals surface area (Å²) >= 11 is 0. The number of ether oxygens (including phenoxy) is 1. The standard InChI is InChI=1S/C11H23NO2/c1-10(2)7-14-9-11(8-13)5-4-6-12(11)3/h10,13H,4-9H2,1-3H3. The van der Waals surface area contributed by atoms with Gasteiger partial charge in [-0.2, -0.15) is 0 Å². The van der Waals surface area contributed by atoms with E-state index in [4.69, 9.17) is 4.74 Å². The number of aliphatic hydroxyl groups excluding tert-OH is 1. The number of likely N-dealkylation sites (N-methyl/N-ethyl adjacent to an activating group) is 1. The Hall–Kier alpha value is -0.120. The highest BCUT2D eigenvalue weighted by Crippen LogP contribution is 2.27. The summed E-state index contributed by atoms with van der Waals surface area (Å²) in [4.78, 5) is 2.23. The summed E-state index contributed by atoms with van der Waals surface area (Å²) in [6.45, 7) is 7.02. The lowest BCUT2D eigenvalue weighted by Crippen LogP contribution is -2.48. The average molecular weight is 201 g/mol. The van der Waals surface area contributed by atoms with Crippen molar-refractivity contribution in [2.24, 2.45) is 5.92 Å². The third-order valence-electron chi connectivity index (χ3n) is 3.06. The summed E-state index contributed by atoms with van der Waals surface area (Å²) in [5.41, 5.74) is -0.102. The van der Waals surface area contributed by atoms with Gasteiger partial charge in [-0.05, 0) is 32.4 Å². The van der Waals surface area contributed by atoms with Crippen LogP contribution in [0.1, 0.15) is 26.7 Å². The van der Waals surface area contributed by atoms with Crippen LogP contribution in [0.4, 0.5) is 0 Å². The van der Waals surface area contributed by atoms with Crippen molar-refractivity contribution in [3.8, 4) is 0 Å². The highest BCUT2D eigenvalue weighted by Gasteiger charge is 2.38. The minimum Gasteiger partial charge on any atom is -0.394 e. The van der Waals surface area contributed by atoms with Crippen molar-refractivity contribution >= 4 is 0 Å². The molecule has 1 aliphatic rings. The Morgan fingerprint density at radius 3 is 2.64 bits per heavy atom. The predicted octanol–water partition coefficient (Wildman–Crippen LogP) is 1.12. The molecule has 1 N–H and O–H groups in total. The number of nitrogens with zero attached hydrogens (tertiary/aromatic N) is 1. The largest absolute Gasteiger partial charge is 0.394 e. The number of hydrogen-bond acceptors (Lipinski definition) is 3. The first-order valence-electron chi connectivity index (χ1n) is 5.50. The summed E-state index contributed by atoms with van der Waals surface area (Å²) in [5.74, 6) is 0.567. The fourth-order valence-corrected chi connectivity index (χ4v) is 1.99. The molecule has 1 fully saturated rings. The third kappa shape index (κ3) is 2.69. The minimum absolute atomic E-state index is 0.102. The Bertz CT molecular complexity index is 173. The van der Waals surface area contributed by atoms with Gasteiger partial charge in [0.25, 0.3) is 0 Å². The van der Waals surface area contributed by atoms with E-state index in [2.05, 4.69) is 25.8 Å². The monoisotopic (exact) mass is 201 g/mol. The minimum atomic E-state index is -0.102. The second-order valence-electron chi connectivity index (χ2n) is 4.82. The van der Waals surface area contributed by atoms with Crippen molar-refractivity contribution in [3.05, 3.63) is 0 Å². The zero-order chi connectivity index (χ0) is 10.6. The molecule has 0 aromatic heterocycles. The second-order valence-corrected chi connectivity index (χ2v) is 4.82. The number of aliphatic hydroxyl groups is 1. The fourth-order valence-electron chi connectivity index (χ4n) is 1.99. The molecule has 3 nitrogen and oxygen atoms in total. The van der Waals surface area contributed by atoms with Crippen molar-refractivity contribution in [2.45, 2.75) is 32.2 Å². The molecule has 84 valence electrons. The van der Waals surface area contributed by atoms with Gasteiger partial charge in [-0.3, -0.25) is 4.90 Å². The highest BCUT2D eigenvalue weighted by molar-refractivity contribution is 4.93. The van der Waals surface area contributed by atoms with Crippen LogP contribution < -0.4 is 0 Å². The van der Waals surface area contributed by atoms with Gasteiger partial charge in [-0.1, -0.05) is 13.8 Å². The number of rotatable bonds is 5. The van der Waals surface area contributed by atoms with Gasteiger partial charge in [0, 0.05) is 6.61 Å². The normalized spacial score (nSPS) is 28.9. The molecule has 0 aliphatic carbocycles. The van der Waals surface area contributed by atoms with Crippen molar-refractivity contribution in [3.63, 3.8) is 0 Å². The highest BCUT2D eigenvalue weighted by atomic mass is 16.5. The van der Waals surface area contributed by atoms with Gasteiger partial charge in [-0.25, -0.2) is 0 Å². The number of likely N-dealkylation sites (tertiary alicyclic amines) is 1. The number of hydrogen-bond donors (Lipinski definition) is 1. The summed E-state index contributed by atoms with van der Waals surface area (Å²) < 4.78 is 5.64. The van der Waals surface area contributed by atoms with Crippen LogP contribution in [0.5, 0.6) is 0 Å². The van der Waals surface area contributed by atoms with Gasteiger partial charge in [-0.15, -0.1) is 0 Å². The Morgan fingerprint density at radius 2 is 2.21 bits per heavy atom. The topological polar surface area (TPSA) is 32.7 Å². The Balaban J connectivity index is 2.37. The SMILES string of the molecule is CC(C)COCC1(CO)CCCN1C. The van der Waals surface area contributed by atoms with Crippen LogP contribution in [0, 0.1) is 5.92 Å². The molecule has 0 saturated carbocycles. The van der Waals surface area contributed by atoms with E-state index in [0.29, 0.717) is 12.5 Å². The Kier molecular flexibility index (Phi) is 4.35. The zero-order valence-electron chi connectivity index (χ0n) is 9.62. The lowest BCUT2D eigenvalue weighted by molar-refractivity contribution is -0.0151. The maximum Gasteiger partial charge on any atom is 0.0673 e. The Morgan fingerprint density at radius 1 is 1.50 bits per heavy atom. The summed E-state index contributed by atoms with van der Waals surface area (Å²) in [6, 6.07) is 0. The quantitative estimate of drug-likeness (QED) is 0.723. The van der Waals surface area contributed by atoms with Crippen molar-refractivity contribution < 1.29 is 9.84 Å². The molecule has 1 unspecified atom stereocenters. The average Bonchev–Trinajstić information content (AvgIpc) is 2.48. The lowest BCUT2D eigenvalue weighted by Gasteiger charge is -2.34. The van der Waals surface area contributed by atoms with Crippen LogP contribution in [0.3, 0.4) is 0 Å². The van der Waals surface area contributed by atoms with Crippen molar-refractivity contribution in [2.75, 3.05) is 33.4 Å². The fraction of sp³-hybridized carbons (Fsp3) is 1.00. The van der Waals surface area contributed by atoms with E-state index < -0.39 is 0 Å². The molecule has 0 radical (unpaired) electrons. The maximum absolute atomic E-state index is 9.43. The van der Waals surface area contributed by atoms with Crippen LogP contribution in [0.2, 0.25) is 0 Å². The molecule has 0 aromatic rings. The smallest absolute Gasteiger partial charge is 0.0673 e. The third-order valence-corrected chi connectivity index (χ3v) is 3.06. The summed E-state index contributed by atoms with van der Waals surface area (Å²) in [5, 5.41) is 9.43. The van der Waals surface area contributed by atoms with E-state index in [0.717, 1.165) is 19.6 Å². The van der Waals surface area contributed by atoms with Gasteiger partial charge < -0.3 is 9.84 Å². The van der Waals surface area contributed by atoms with E-state index in [1.54, 1.807) is 0 Å².